The van der Waals surface area contributed by atoms with Gasteiger partial charge in [-0.3, -0.25) is 9.59 Å². The predicted molar refractivity (Wildman–Crippen MR) is 142 cm³/mol. The van der Waals surface area contributed by atoms with Crippen LogP contribution in [0.2, 0.25) is 0 Å². The zero-order valence-corrected chi connectivity index (χ0v) is 22.0. The minimum absolute atomic E-state index is 0.152. The summed E-state index contributed by atoms with van der Waals surface area (Å²) in [6, 6.07) is 12.4. The fourth-order valence-electron chi connectivity index (χ4n) is 5.08. The van der Waals surface area contributed by atoms with Crippen molar-refractivity contribution in [3.05, 3.63) is 70.3 Å². The summed E-state index contributed by atoms with van der Waals surface area (Å²) >= 11 is 0. The van der Waals surface area contributed by atoms with Gasteiger partial charge < -0.3 is 4.74 Å². The third-order valence-corrected chi connectivity index (χ3v) is 7.15. The summed E-state index contributed by atoms with van der Waals surface area (Å²) in [5.74, 6) is -2.45. The Bertz CT molecular complexity index is 998. The Balaban J connectivity index is 1.71. The Hall–Kier alpha value is -2.50. The van der Waals surface area contributed by atoms with E-state index in [9.17, 15) is 14.8 Å². The fraction of sp³-hybridized carbons (Fsp3) is 0.548. The van der Waals surface area contributed by atoms with Gasteiger partial charge in [-0.2, -0.15) is 4.89 Å². The first kappa shape index (κ1) is 28.1. The van der Waals surface area contributed by atoms with Crippen molar-refractivity contribution in [1.29, 1.82) is 0 Å². The lowest BCUT2D eigenvalue weighted by atomic mass is 9.79. The van der Waals surface area contributed by atoms with Crippen LogP contribution in [-0.2, 0) is 26.6 Å². The van der Waals surface area contributed by atoms with E-state index < -0.39 is 11.8 Å². The molecule has 36 heavy (non-hydrogen) atoms. The molecular weight excluding hydrogens is 452 g/mol. The van der Waals surface area contributed by atoms with Gasteiger partial charge in [0.15, 0.2) is 5.78 Å². The van der Waals surface area contributed by atoms with E-state index in [0.717, 1.165) is 50.5 Å². The van der Waals surface area contributed by atoms with Crippen LogP contribution in [0.1, 0.15) is 130 Å². The second-order valence-electron chi connectivity index (χ2n) is 9.97. The van der Waals surface area contributed by atoms with E-state index in [0.29, 0.717) is 22.3 Å². The summed E-state index contributed by atoms with van der Waals surface area (Å²) in [6.07, 6.45) is 14.7. The molecule has 5 nitrogen and oxygen atoms in total. The monoisotopic (exact) mass is 494 g/mol. The first-order valence-corrected chi connectivity index (χ1v) is 13.9. The molecule has 196 valence electrons. The highest BCUT2D eigenvalue weighted by Crippen LogP contribution is 2.44. The van der Waals surface area contributed by atoms with Gasteiger partial charge in [0.2, 0.25) is 0 Å². The molecule has 1 aliphatic rings. The summed E-state index contributed by atoms with van der Waals surface area (Å²) in [7, 11) is 0. The van der Waals surface area contributed by atoms with Crippen molar-refractivity contribution in [2.24, 2.45) is 0 Å². The molecule has 5 heteroatoms. The number of ether oxygens (including phenoxy) is 1. The standard InChI is InChI=1S/C31H42O5/c1-3-5-7-8-9-10-11-12-14-20-29(32)35-31(36-34)27-19-16-15-18-25(27)30(33)26-23-24(17-13-6-4-2)21-22-28(26)31/h15-16,18-19,21-23,34H,3-14,17,20H2,1-2H3. The first-order valence-electron chi connectivity index (χ1n) is 13.9. The Morgan fingerprint density at radius 3 is 2.08 bits per heavy atom. The van der Waals surface area contributed by atoms with Gasteiger partial charge in [0.05, 0.1) is 0 Å². The number of hydrogen-bond donors (Lipinski definition) is 1. The molecule has 1 aliphatic carbocycles. The van der Waals surface area contributed by atoms with Crippen molar-refractivity contribution in [3.8, 4) is 0 Å². The summed E-state index contributed by atoms with van der Waals surface area (Å²) in [5, 5.41) is 10.2. The highest BCUT2D eigenvalue weighted by atomic mass is 17.1. The molecule has 1 atom stereocenters. The molecule has 0 saturated heterocycles. The van der Waals surface area contributed by atoms with Gasteiger partial charge in [0, 0.05) is 28.7 Å². The van der Waals surface area contributed by atoms with Crippen LogP contribution < -0.4 is 0 Å². The molecule has 0 amide bonds. The van der Waals surface area contributed by atoms with Crippen LogP contribution >= 0.6 is 0 Å². The van der Waals surface area contributed by atoms with Gasteiger partial charge in [-0.15, -0.1) is 0 Å². The normalized spacial score (nSPS) is 16.5. The topological polar surface area (TPSA) is 72.8 Å². The lowest BCUT2D eigenvalue weighted by molar-refractivity contribution is -0.384. The van der Waals surface area contributed by atoms with Crippen molar-refractivity contribution >= 4 is 11.8 Å². The second-order valence-corrected chi connectivity index (χ2v) is 9.97. The Morgan fingerprint density at radius 2 is 1.39 bits per heavy atom. The number of esters is 1. The van der Waals surface area contributed by atoms with E-state index in [-0.39, 0.29) is 12.2 Å². The second kappa shape index (κ2) is 14.3. The van der Waals surface area contributed by atoms with E-state index in [1.54, 1.807) is 30.3 Å². The van der Waals surface area contributed by atoms with Crippen LogP contribution in [0.3, 0.4) is 0 Å². The third kappa shape index (κ3) is 6.83. The maximum atomic E-state index is 13.4. The largest absolute Gasteiger partial charge is 0.421 e. The van der Waals surface area contributed by atoms with Gasteiger partial charge in [-0.25, -0.2) is 5.26 Å². The lowest BCUT2D eigenvalue weighted by Crippen LogP contribution is -2.41. The number of unbranched alkanes of at least 4 members (excludes halogenated alkanes) is 10. The molecule has 0 saturated carbocycles. The van der Waals surface area contributed by atoms with E-state index >= 15 is 0 Å². The maximum Gasteiger partial charge on any atom is 0.308 e. The molecule has 0 fully saturated rings. The van der Waals surface area contributed by atoms with Gasteiger partial charge in [0.1, 0.15) is 0 Å². The minimum Gasteiger partial charge on any atom is -0.421 e. The first-order chi connectivity index (χ1) is 17.6. The summed E-state index contributed by atoms with van der Waals surface area (Å²) in [5.41, 5.74) is 2.55. The third-order valence-electron chi connectivity index (χ3n) is 7.15. The van der Waals surface area contributed by atoms with Crippen LogP contribution in [0.4, 0.5) is 0 Å². The van der Waals surface area contributed by atoms with E-state index in [2.05, 4.69) is 13.8 Å². The SMILES string of the molecule is CCCCCCCCCCCC(=O)OC1(OO)c2ccccc2C(=O)c2cc(CCCCC)ccc21. The smallest absolute Gasteiger partial charge is 0.308 e. The number of ketones is 1. The van der Waals surface area contributed by atoms with Crippen LogP contribution in [0.15, 0.2) is 42.5 Å². The van der Waals surface area contributed by atoms with E-state index in [1.807, 2.05) is 12.1 Å². The molecule has 0 spiro atoms. The highest BCUT2D eigenvalue weighted by Gasteiger charge is 2.49. The summed E-state index contributed by atoms with van der Waals surface area (Å²) < 4.78 is 5.88. The summed E-state index contributed by atoms with van der Waals surface area (Å²) in [4.78, 5) is 31.3. The molecule has 2 aromatic rings. The average molecular weight is 495 g/mol. The van der Waals surface area contributed by atoms with Gasteiger partial charge in [-0.05, 0) is 30.9 Å². The number of rotatable bonds is 16. The van der Waals surface area contributed by atoms with Crippen molar-refractivity contribution in [3.63, 3.8) is 0 Å². The number of benzene rings is 2. The maximum absolute atomic E-state index is 13.4. The fourth-order valence-corrected chi connectivity index (χ4v) is 5.08. The number of carbonyl (C=O) groups is 2. The molecule has 0 aromatic heterocycles. The molecule has 1 N–H and O–H groups in total. The molecule has 3 rings (SSSR count). The Kier molecular flexibility index (Phi) is 11.1. The van der Waals surface area contributed by atoms with Crippen molar-refractivity contribution in [2.45, 2.75) is 110 Å². The number of hydrogen-bond acceptors (Lipinski definition) is 5. The molecule has 0 aliphatic heterocycles. The zero-order valence-electron chi connectivity index (χ0n) is 22.0. The van der Waals surface area contributed by atoms with Gasteiger partial charge >= 0.3 is 5.97 Å². The van der Waals surface area contributed by atoms with Crippen molar-refractivity contribution < 1.29 is 24.5 Å². The number of carbonyl (C=O) groups excluding carboxylic acids is 2. The molecule has 0 bridgehead atoms. The zero-order chi connectivity index (χ0) is 25.8. The van der Waals surface area contributed by atoms with Crippen molar-refractivity contribution in [1.82, 2.24) is 0 Å². The van der Waals surface area contributed by atoms with Crippen LogP contribution in [0.25, 0.3) is 0 Å². The van der Waals surface area contributed by atoms with Crippen LogP contribution in [0.5, 0.6) is 0 Å². The predicted octanol–water partition coefficient (Wildman–Crippen LogP) is 8.12. The molecule has 0 radical (unpaired) electrons. The Labute approximate surface area is 216 Å². The summed E-state index contributed by atoms with van der Waals surface area (Å²) in [6.45, 7) is 4.38. The number of aryl methyl sites for hydroxylation is 1. The highest BCUT2D eigenvalue weighted by molar-refractivity contribution is 6.13. The quantitative estimate of drug-likeness (QED) is 0.0838. The molecular formula is C31H42O5. The lowest BCUT2D eigenvalue weighted by Gasteiger charge is -2.36. The molecule has 0 heterocycles. The van der Waals surface area contributed by atoms with E-state index in [1.165, 1.54) is 38.5 Å². The van der Waals surface area contributed by atoms with E-state index in [4.69, 9.17) is 9.62 Å². The number of fused-ring (bicyclic) bond motifs is 2. The van der Waals surface area contributed by atoms with Crippen LogP contribution in [-0.4, -0.2) is 17.0 Å². The molecule has 2 aromatic carbocycles. The minimum atomic E-state index is -1.85. The Morgan fingerprint density at radius 1 is 0.778 bits per heavy atom. The van der Waals surface area contributed by atoms with Crippen LogP contribution in [0, 0.1) is 0 Å². The van der Waals surface area contributed by atoms with Gasteiger partial charge in [-0.1, -0.05) is 114 Å². The average Bonchev–Trinajstić information content (AvgIpc) is 2.90. The molecule has 1 unspecified atom stereocenters. The van der Waals surface area contributed by atoms with Gasteiger partial charge in [0.25, 0.3) is 5.79 Å². The van der Waals surface area contributed by atoms with Crippen molar-refractivity contribution in [2.75, 3.05) is 0 Å².